The van der Waals surface area contributed by atoms with Gasteiger partial charge in [-0.05, 0) is 42.9 Å². The van der Waals surface area contributed by atoms with Crippen LogP contribution in [0.15, 0.2) is 34.9 Å². The fraction of sp³-hybridized carbons (Fsp3) is 0.542. The molecule has 0 spiro atoms. The van der Waals surface area contributed by atoms with Crippen molar-refractivity contribution >= 4 is 17.2 Å². The van der Waals surface area contributed by atoms with Crippen LogP contribution >= 0.6 is 0 Å². The number of benzene rings is 1. The van der Waals surface area contributed by atoms with E-state index >= 15 is 0 Å². The van der Waals surface area contributed by atoms with Crippen molar-refractivity contribution in [2.24, 2.45) is 11.3 Å². The topological polar surface area (TPSA) is 68.0 Å². The average Bonchev–Trinajstić information content (AvgIpc) is 3.13. The molecule has 0 aliphatic heterocycles. The van der Waals surface area contributed by atoms with Crippen LogP contribution in [-0.2, 0) is 11.2 Å². The summed E-state index contributed by atoms with van der Waals surface area (Å²) in [4.78, 5) is 16.7. The molecule has 5 heteroatoms. The van der Waals surface area contributed by atoms with Crippen molar-refractivity contribution < 1.29 is 9.32 Å². The number of carbonyl (C=O) groups excluding carboxylic acids is 1. The summed E-state index contributed by atoms with van der Waals surface area (Å²) < 4.78 is 5.41. The Hall–Kier alpha value is -2.43. The molecule has 1 unspecified atom stereocenters. The van der Waals surface area contributed by atoms with E-state index in [1.165, 1.54) is 0 Å². The molecule has 1 aromatic heterocycles. The van der Waals surface area contributed by atoms with Crippen LogP contribution < -0.4 is 5.32 Å². The summed E-state index contributed by atoms with van der Waals surface area (Å²) in [5.41, 5.74) is 3.13. The van der Waals surface area contributed by atoms with Crippen LogP contribution in [0.5, 0.6) is 0 Å². The molecule has 5 nitrogen and oxygen atoms in total. The summed E-state index contributed by atoms with van der Waals surface area (Å²) in [6.07, 6.45) is 6.81. The molecule has 0 fully saturated rings. The molecular formula is C24H35N3O2. The number of nitrogens with one attached hydrogen (secondary N) is 1. The van der Waals surface area contributed by atoms with Gasteiger partial charge in [-0.2, -0.15) is 4.98 Å². The molecule has 1 amide bonds. The van der Waals surface area contributed by atoms with Gasteiger partial charge < -0.3 is 9.84 Å². The number of carbonyl (C=O) groups is 1. The Labute approximate surface area is 175 Å². The lowest BCUT2D eigenvalue weighted by atomic mass is 9.91. The van der Waals surface area contributed by atoms with Crippen molar-refractivity contribution in [2.45, 2.75) is 73.6 Å². The minimum Gasteiger partial charge on any atom is -0.334 e. The maximum absolute atomic E-state index is 12.2. The quantitative estimate of drug-likeness (QED) is 0.542. The number of nitrogens with zero attached hydrogens (tertiary/aromatic N) is 2. The van der Waals surface area contributed by atoms with E-state index in [-0.39, 0.29) is 17.2 Å². The van der Waals surface area contributed by atoms with E-state index in [0.29, 0.717) is 18.1 Å². The second-order valence-corrected chi connectivity index (χ2v) is 9.07. The molecule has 0 saturated heterocycles. The predicted molar refractivity (Wildman–Crippen MR) is 119 cm³/mol. The summed E-state index contributed by atoms with van der Waals surface area (Å²) in [6, 6.07) is 7.83. The first-order valence-corrected chi connectivity index (χ1v) is 10.6. The van der Waals surface area contributed by atoms with Crippen LogP contribution in [0, 0.1) is 11.3 Å². The van der Waals surface area contributed by atoms with Crippen LogP contribution in [0.2, 0.25) is 0 Å². The Morgan fingerprint density at radius 3 is 2.55 bits per heavy atom. The van der Waals surface area contributed by atoms with Crippen LogP contribution in [0.3, 0.4) is 0 Å². The Morgan fingerprint density at radius 1 is 1.24 bits per heavy atom. The van der Waals surface area contributed by atoms with Crippen LogP contribution in [0.4, 0.5) is 5.69 Å². The number of rotatable bonds is 9. The molecule has 1 aromatic carbocycles. The van der Waals surface area contributed by atoms with Gasteiger partial charge in [0.15, 0.2) is 5.82 Å². The van der Waals surface area contributed by atoms with Gasteiger partial charge in [0.1, 0.15) is 0 Å². The van der Waals surface area contributed by atoms with Gasteiger partial charge in [-0.15, -0.1) is 0 Å². The predicted octanol–water partition coefficient (Wildman–Crippen LogP) is 6.26. The van der Waals surface area contributed by atoms with Crippen molar-refractivity contribution in [1.82, 2.24) is 10.1 Å². The molecule has 0 bridgehead atoms. The highest BCUT2D eigenvalue weighted by molar-refractivity contribution is 5.92. The number of hydrogen-bond acceptors (Lipinski definition) is 4. The number of allylic oxidation sites excluding steroid dienone is 2. The van der Waals surface area contributed by atoms with Gasteiger partial charge in [-0.3, -0.25) is 4.79 Å². The minimum absolute atomic E-state index is 0.0296. The first kappa shape index (κ1) is 22.9. The zero-order chi connectivity index (χ0) is 21.4. The lowest BCUT2D eigenvalue weighted by Crippen LogP contribution is -2.20. The molecule has 158 valence electrons. The number of amides is 1. The van der Waals surface area contributed by atoms with Crippen LogP contribution in [0.1, 0.15) is 84.5 Å². The summed E-state index contributed by atoms with van der Waals surface area (Å²) in [5, 5.41) is 7.09. The largest absolute Gasteiger partial charge is 0.334 e. The third kappa shape index (κ3) is 7.84. The molecule has 0 aliphatic carbocycles. The summed E-state index contributed by atoms with van der Waals surface area (Å²) >= 11 is 0. The molecule has 1 heterocycles. The zero-order valence-corrected chi connectivity index (χ0v) is 18.7. The smallest absolute Gasteiger partial charge is 0.253 e. The van der Waals surface area contributed by atoms with Crippen molar-refractivity contribution in [3.63, 3.8) is 0 Å². The molecule has 0 saturated carbocycles. The number of hydrogen-bond donors (Lipinski definition) is 1. The number of anilines is 1. The SMILES string of the molecule is CCCCC(C)C(=O)Nc1ccc(Cc2noc(/C(C)=C/CC(C)(C)C)n2)cc1. The van der Waals surface area contributed by atoms with E-state index in [4.69, 9.17) is 4.52 Å². The highest BCUT2D eigenvalue weighted by atomic mass is 16.5. The van der Waals surface area contributed by atoms with Crippen molar-refractivity contribution in [3.05, 3.63) is 47.6 Å². The standard InChI is InChI=1S/C24H35N3O2/c1-7-8-9-17(2)22(28)25-20-12-10-19(11-13-20)16-21-26-23(29-27-21)18(3)14-15-24(4,5)6/h10-14,17H,7-9,15-16H2,1-6H3,(H,25,28)/b18-14+. The van der Waals surface area contributed by atoms with E-state index in [9.17, 15) is 4.79 Å². The summed E-state index contributed by atoms with van der Waals surface area (Å²) in [5.74, 6) is 1.34. The molecule has 2 rings (SSSR count). The Kier molecular flexibility index (Phi) is 8.18. The first-order valence-electron chi connectivity index (χ1n) is 10.6. The number of aromatic nitrogens is 2. The fourth-order valence-electron chi connectivity index (χ4n) is 2.83. The lowest BCUT2D eigenvalue weighted by Gasteiger charge is -2.14. The molecule has 1 atom stereocenters. The van der Waals surface area contributed by atoms with E-state index in [0.717, 1.165) is 42.5 Å². The third-order valence-electron chi connectivity index (χ3n) is 4.85. The molecule has 0 radical (unpaired) electrons. The Morgan fingerprint density at radius 2 is 1.93 bits per heavy atom. The van der Waals surface area contributed by atoms with E-state index in [1.54, 1.807) is 0 Å². The summed E-state index contributed by atoms with van der Waals surface area (Å²) in [6.45, 7) is 12.7. The Bertz CT molecular complexity index is 813. The monoisotopic (exact) mass is 397 g/mol. The minimum atomic E-state index is 0.0296. The van der Waals surface area contributed by atoms with Gasteiger partial charge in [0.2, 0.25) is 5.91 Å². The van der Waals surface area contributed by atoms with Gasteiger partial charge in [0.25, 0.3) is 5.89 Å². The normalized spacial score (nSPS) is 13.4. The lowest BCUT2D eigenvalue weighted by molar-refractivity contribution is -0.119. The number of unbranched alkanes of at least 4 members (excludes halogenated alkanes) is 1. The molecule has 29 heavy (non-hydrogen) atoms. The zero-order valence-electron chi connectivity index (χ0n) is 18.7. The Balaban J connectivity index is 1.93. The van der Waals surface area contributed by atoms with Crippen LogP contribution in [-0.4, -0.2) is 16.0 Å². The van der Waals surface area contributed by atoms with Gasteiger partial charge in [0.05, 0.1) is 0 Å². The molecule has 1 N–H and O–H groups in total. The molecule has 2 aromatic rings. The van der Waals surface area contributed by atoms with Gasteiger partial charge in [-0.1, -0.05) is 70.8 Å². The summed E-state index contributed by atoms with van der Waals surface area (Å²) in [7, 11) is 0. The van der Waals surface area contributed by atoms with Gasteiger partial charge in [-0.25, -0.2) is 0 Å². The fourth-order valence-corrected chi connectivity index (χ4v) is 2.83. The highest BCUT2D eigenvalue weighted by Gasteiger charge is 2.14. The van der Waals surface area contributed by atoms with Crippen LogP contribution in [0.25, 0.3) is 5.57 Å². The van der Waals surface area contributed by atoms with Gasteiger partial charge >= 0.3 is 0 Å². The van der Waals surface area contributed by atoms with Crippen molar-refractivity contribution in [3.8, 4) is 0 Å². The van der Waals surface area contributed by atoms with Crippen molar-refractivity contribution in [2.75, 3.05) is 5.32 Å². The van der Waals surface area contributed by atoms with Gasteiger partial charge in [0, 0.05) is 23.6 Å². The average molecular weight is 398 g/mol. The van der Waals surface area contributed by atoms with Crippen molar-refractivity contribution in [1.29, 1.82) is 0 Å². The van der Waals surface area contributed by atoms with E-state index < -0.39 is 0 Å². The molecular weight excluding hydrogens is 362 g/mol. The van der Waals surface area contributed by atoms with E-state index in [2.05, 4.69) is 49.2 Å². The second-order valence-electron chi connectivity index (χ2n) is 9.07. The maximum Gasteiger partial charge on any atom is 0.253 e. The maximum atomic E-state index is 12.2. The first-order chi connectivity index (χ1) is 13.7. The van der Waals surface area contributed by atoms with E-state index in [1.807, 2.05) is 38.1 Å². The molecule has 0 aliphatic rings. The highest BCUT2D eigenvalue weighted by Crippen LogP contribution is 2.23. The third-order valence-corrected chi connectivity index (χ3v) is 4.85. The second kappa shape index (κ2) is 10.4.